The van der Waals surface area contributed by atoms with Crippen molar-refractivity contribution in [2.45, 2.75) is 19.8 Å². The monoisotopic (exact) mass is 490 g/mol. The molecule has 6 nitrogen and oxygen atoms in total. The van der Waals surface area contributed by atoms with E-state index in [1.54, 1.807) is 24.3 Å². The Kier molecular flexibility index (Phi) is 6.22. The second-order valence-electron chi connectivity index (χ2n) is 9.56. The van der Waals surface area contributed by atoms with Gasteiger partial charge in [-0.1, -0.05) is 24.3 Å². The van der Waals surface area contributed by atoms with Crippen LogP contribution in [0.25, 0.3) is 22.8 Å². The number of hydrogen-bond acceptors (Lipinski definition) is 3. The van der Waals surface area contributed by atoms with Crippen molar-refractivity contribution >= 4 is 29.2 Å². The van der Waals surface area contributed by atoms with Gasteiger partial charge in [0, 0.05) is 47.8 Å². The first-order valence-electron chi connectivity index (χ1n) is 12.0. The molecular weight excluding hydrogens is 462 g/mol. The third kappa shape index (κ3) is 4.11. The Balaban J connectivity index is 1.59. The molecule has 5 rings (SSSR count). The average Bonchev–Trinajstić information content (AvgIpc) is 3.27. The molecule has 186 valence electrons. The Morgan fingerprint density at radius 3 is 2.58 bits per heavy atom. The number of amides is 2. The summed E-state index contributed by atoms with van der Waals surface area (Å²) in [7, 11) is 3.96. The topological polar surface area (TPSA) is 68.4 Å². The number of aryl methyl sites for hydroxylation is 1. The molecule has 0 spiro atoms. The number of carbonyl (C=O) groups excluding carboxylic acids is 2. The molecule has 2 aliphatic heterocycles. The van der Waals surface area contributed by atoms with E-state index in [4.69, 9.17) is 0 Å². The summed E-state index contributed by atoms with van der Waals surface area (Å²) in [6.07, 6.45) is 3.28. The number of benzene rings is 2. The fraction of sp³-hybridized carbons (Fsp3) is 0.286. The van der Waals surface area contributed by atoms with E-state index in [1.165, 1.54) is 12.1 Å². The van der Waals surface area contributed by atoms with E-state index in [0.29, 0.717) is 46.7 Å². The van der Waals surface area contributed by atoms with Gasteiger partial charge in [-0.3, -0.25) is 9.59 Å². The summed E-state index contributed by atoms with van der Waals surface area (Å²) in [5.74, 6) is -2.26. The van der Waals surface area contributed by atoms with Crippen molar-refractivity contribution in [3.8, 4) is 11.1 Å². The quantitative estimate of drug-likeness (QED) is 0.509. The Morgan fingerprint density at radius 1 is 1.06 bits per heavy atom. The molecule has 0 bridgehead atoms. The number of nitrogens with zero attached hydrogens (tertiary/aromatic N) is 2. The maximum atomic E-state index is 14.7. The highest BCUT2D eigenvalue weighted by Gasteiger charge is 2.31. The van der Waals surface area contributed by atoms with Gasteiger partial charge in [-0.05, 0) is 63.2 Å². The fourth-order valence-electron chi connectivity index (χ4n) is 5.01. The Hall–Kier alpha value is -3.78. The molecule has 0 unspecified atom stereocenters. The van der Waals surface area contributed by atoms with E-state index in [-0.39, 0.29) is 17.4 Å². The highest BCUT2D eigenvalue weighted by Crippen LogP contribution is 2.42. The standard InChI is InChI=1S/C28H28F2N4O2/c1-16-23(31-21-11-6-12-34(14-13-33(2)3)28(36)24(16)21)15-19-25-17(7-5-10-22(25)32-27(19)35)18-8-4-9-20(29)26(18)30/h4-5,7-10,15,31H,6,11-14H2,1-3H3,(H,32,35). The molecule has 1 aromatic heterocycles. The fourth-order valence-corrected chi connectivity index (χ4v) is 5.01. The van der Waals surface area contributed by atoms with E-state index in [1.807, 2.05) is 30.8 Å². The number of aromatic amines is 1. The number of carbonyl (C=O) groups is 2. The number of aromatic nitrogens is 1. The zero-order valence-corrected chi connectivity index (χ0v) is 20.5. The molecule has 2 amide bonds. The van der Waals surface area contributed by atoms with E-state index in [0.717, 1.165) is 36.7 Å². The lowest BCUT2D eigenvalue weighted by atomic mass is 9.93. The van der Waals surface area contributed by atoms with E-state index in [2.05, 4.69) is 10.3 Å². The van der Waals surface area contributed by atoms with Gasteiger partial charge < -0.3 is 20.1 Å². The van der Waals surface area contributed by atoms with Crippen molar-refractivity contribution in [1.29, 1.82) is 0 Å². The first-order chi connectivity index (χ1) is 17.3. The van der Waals surface area contributed by atoms with Crippen molar-refractivity contribution in [3.63, 3.8) is 0 Å². The second kappa shape index (κ2) is 9.35. The summed E-state index contributed by atoms with van der Waals surface area (Å²) in [5, 5.41) is 2.83. The van der Waals surface area contributed by atoms with Crippen molar-refractivity contribution in [1.82, 2.24) is 14.8 Å². The zero-order valence-electron chi connectivity index (χ0n) is 20.5. The summed E-state index contributed by atoms with van der Waals surface area (Å²) in [4.78, 5) is 33.7. The van der Waals surface area contributed by atoms with Crippen LogP contribution in [0.15, 0.2) is 36.4 Å². The van der Waals surface area contributed by atoms with Gasteiger partial charge in [0.15, 0.2) is 11.6 Å². The van der Waals surface area contributed by atoms with Gasteiger partial charge in [0.1, 0.15) is 0 Å². The zero-order chi connectivity index (χ0) is 25.6. The normalized spacial score (nSPS) is 16.4. The number of rotatable bonds is 5. The lowest BCUT2D eigenvalue weighted by molar-refractivity contribution is -0.110. The van der Waals surface area contributed by atoms with Gasteiger partial charge in [-0.25, -0.2) is 8.78 Å². The van der Waals surface area contributed by atoms with Crippen LogP contribution in [0.4, 0.5) is 14.5 Å². The minimum absolute atomic E-state index is 0.0125. The molecular formula is C28H28F2N4O2. The summed E-state index contributed by atoms with van der Waals surface area (Å²) in [6.45, 7) is 3.99. The molecule has 3 heterocycles. The third-order valence-corrected chi connectivity index (χ3v) is 6.90. The van der Waals surface area contributed by atoms with Gasteiger partial charge in [-0.2, -0.15) is 0 Å². The van der Waals surface area contributed by atoms with Crippen molar-refractivity contribution in [2.24, 2.45) is 0 Å². The Bertz CT molecular complexity index is 1410. The third-order valence-electron chi connectivity index (χ3n) is 6.90. The molecule has 0 aliphatic carbocycles. The number of H-pyrrole nitrogens is 1. The van der Waals surface area contributed by atoms with Crippen LogP contribution in [-0.2, 0) is 11.2 Å². The summed E-state index contributed by atoms with van der Waals surface area (Å²) in [5.41, 5.74) is 4.83. The first-order valence-corrected chi connectivity index (χ1v) is 12.0. The molecule has 2 N–H and O–H groups in total. The number of likely N-dealkylation sites (N-methyl/N-ethyl adjacent to an activating group) is 1. The number of anilines is 1. The molecule has 2 aromatic carbocycles. The highest BCUT2D eigenvalue weighted by atomic mass is 19.2. The Morgan fingerprint density at radius 2 is 1.81 bits per heavy atom. The van der Waals surface area contributed by atoms with Crippen molar-refractivity contribution in [2.75, 3.05) is 39.0 Å². The average molecular weight is 491 g/mol. The Labute approximate surface area is 208 Å². The molecule has 0 saturated heterocycles. The molecule has 0 atom stereocenters. The van der Waals surface area contributed by atoms with E-state index in [9.17, 15) is 18.4 Å². The highest BCUT2D eigenvalue weighted by molar-refractivity contribution is 6.36. The maximum Gasteiger partial charge on any atom is 0.256 e. The van der Waals surface area contributed by atoms with Gasteiger partial charge in [0.05, 0.1) is 11.1 Å². The largest absolute Gasteiger partial charge is 0.358 e. The van der Waals surface area contributed by atoms with Crippen LogP contribution >= 0.6 is 0 Å². The minimum Gasteiger partial charge on any atom is -0.358 e. The SMILES string of the molecule is Cc1c(C=C2C(=O)Nc3cccc(-c4cccc(F)c4F)c32)[nH]c2c1C(=O)N(CCN(C)C)CCC2. The van der Waals surface area contributed by atoms with Gasteiger partial charge >= 0.3 is 0 Å². The smallest absolute Gasteiger partial charge is 0.256 e. The lowest BCUT2D eigenvalue weighted by Gasteiger charge is -2.23. The minimum atomic E-state index is -0.962. The molecule has 0 radical (unpaired) electrons. The van der Waals surface area contributed by atoms with E-state index < -0.39 is 11.6 Å². The molecule has 36 heavy (non-hydrogen) atoms. The van der Waals surface area contributed by atoms with Crippen LogP contribution in [0.3, 0.4) is 0 Å². The summed E-state index contributed by atoms with van der Waals surface area (Å²) < 4.78 is 28.7. The van der Waals surface area contributed by atoms with Crippen LogP contribution in [0.5, 0.6) is 0 Å². The maximum absolute atomic E-state index is 14.7. The van der Waals surface area contributed by atoms with Crippen LogP contribution in [0.1, 0.15) is 39.3 Å². The van der Waals surface area contributed by atoms with Gasteiger partial charge in [0.2, 0.25) is 0 Å². The molecule has 0 fully saturated rings. The number of hydrogen-bond donors (Lipinski definition) is 2. The lowest BCUT2D eigenvalue weighted by Crippen LogP contribution is -2.36. The summed E-state index contributed by atoms with van der Waals surface area (Å²) >= 11 is 0. The predicted octanol–water partition coefficient (Wildman–Crippen LogP) is 4.71. The van der Waals surface area contributed by atoms with E-state index >= 15 is 0 Å². The van der Waals surface area contributed by atoms with Crippen LogP contribution in [0, 0.1) is 18.6 Å². The molecule has 0 saturated carbocycles. The van der Waals surface area contributed by atoms with Gasteiger partial charge in [0.25, 0.3) is 11.8 Å². The van der Waals surface area contributed by atoms with Crippen LogP contribution in [-0.4, -0.2) is 60.3 Å². The van der Waals surface area contributed by atoms with Crippen molar-refractivity contribution < 1.29 is 18.4 Å². The number of fused-ring (bicyclic) bond motifs is 2. The number of halogens is 2. The molecule has 3 aromatic rings. The first kappa shape index (κ1) is 23.9. The molecule has 8 heteroatoms. The van der Waals surface area contributed by atoms with Gasteiger partial charge in [-0.15, -0.1) is 0 Å². The number of nitrogens with one attached hydrogen (secondary N) is 2. The summed E-state index contributed by atoms with van der Waals surface area (Å²) in [6, 6.07) is 9.12. The molecule has 2 aliphatic rings. The predicted molar refractivity (Wildman–Crippen MR) is 137 cm³/mol. The van der Waals surface area contributed by atoms with Crippen LogP contribution in [0.2, 0.25) is 0 Å². The second-order valence-corrected chi connectivity index (χ2v) is 9.56. The van der Waals surface area contributed by atoms with Crippen molar-refractivity contribution in [3.05, 3.63) is 76.1 Å². The van der Waals surface area contributed by atoms with Crippen LogP contribution < -0.4 is 5.32 Å².